The van der Waals surface area contributed by atoms with Gasteiger partial charge in [-0.3, -0.25) is 4.90 Å². The number of benzene rings is 1. The maximum Gasteiger partial charge on any atom is 0.0991 e. The average Bonchev–Trinajstić information content (AvgIpc) is 3.04. The third-order valence-corrected chi connectivity index (χ3v) is 5.30. The number of likely N-dealkylation sites (tertiary alicyclic amines) is 1. The molecule has 0 bridgehead atoms. The summed E-state index contributed by atoms with van der Waals surface area (Å²) in [6.45, 7) is 12.9. The lowest BCUT2D eigenvalue weighted by molar-refractivity contribution is 0.206. The smallest absolute Gasteiger partial charge is 0.0991 e. The highest BCUT2D eigenvalue weighted by Crippen LogP contribution is 2.21. The molecule has 23 heavy (non-hydrogen) atoms. The van der Waals surface area contributed by atoms with Crippen molar-refractivity contribution >= 4 is 5.69 Å². The van der Waals surface area contributed by atoms with E-state index in [1.54, 1.807) is 0 Å². The fourth-order valence-electron chi connectivity index (χ4n) is 3.78. The molecule has 2 heterocycles. The van der Waals surface area contributed by atoms with E-state index >= 15 is 0 Å². The molecule has 4 nitrogen and oxygen atoms in total. The summed E-state index contributed by atoms with van der Waals surface area (Å²) in [5.41, 5.74) is 1.99. The van der Waals surface area contributed by atoms with Crippen molar-refractivity contribution in [2.75, 3.05) is 50.7 Å². The molecule has 1 aromatic rings. The first-order chi connectivity index (χ1) is 11.2. The summed E-state index contributed by atoms with van der Waals surface area (Å²) in [5, 5.41) is 8.89. The predicted octanol–water partition coefficient (Wildman–Crippen LogP) is 2.41. The quantitative estimate of drug-likeness (QED) is 0.855. The second kappa shape index (κ2) is 7.33. The van der Waals surface area contributed by atoms with E-state index in [0.717, 1.165) is 37.7 Å². The normalized spacial score (nSPS) is 23.4. The molecule has 4 heteroatoms. The molecular weight excluding hydrogens is 284 g/mol. The van der Waals surface area contributed by atoms with Crippen LogP contribution in [0.2, 0.25) is 0 Å². The molecule has 1 atom stereocenters. The average molecular weight is 312 g/mol. The molecule has 0 spiro atoms. The van der Waals surface area contributed by atoms with Gasteiger partial charge in [-0.1, -0.05) is 0 Å². The standard InChI is InChI=1S/C19H28N4/c1-16(2)23-8-7-18(15-23)14-21-9-11-22(12-10-21)19-5-3-17(13-20)4-6-19/h3-6,16,18H,7-12,14-15H2,1-2H3. The monoisotopic (exact) mass is 312 g/mol. The molecule has 2 fully saturated rings. The maximum atomic E-state index is 8.89. The van der Waals surface area contributed by atoms with Crippen molar-refractivity contribution in [1.29, 1.82) is 5.26 Å². The van der Waals surface area contributed by atoms with Crippen LogP contribution in [0.15, 0.2) is 24.3 Å². The topological polar surface area (TPSA) is 33.5 Å². The first kappa shape index (κ1) is 16.3. The largest absolute Gasteiger partial charge is 0.369 e. The Kier molecular flexibility index (Phi) is 5.20. The van der Waals surface area contributed by atoms with E-state index in [2.05, 4.69) is 46.7 Å². The van der Waals surface area contributed by atoms with Gasteiger partial charge in [0.15, 0.2) is 0 Å². The van der Waals surface area contributed by atoms with Crippen molar-refractivity contribution in [1.82, 2.24) is 9.80 Å². The van der Waals surface area contributed by atoms with Gasteiger partial charge < -0.3 is 9.80 Å². The number of piperazine rings is 1. The minimum Gasteiger partial charge on any atom is -0.369 e. The van der Waals surface area contributed by atoms with E-state index in [-0.39, 0.29) is 0 Å². The highest BCUT2D eigenvalue weighted by atomic mass is 15.3. The van der Waals surface area contributed by atoms with Gasteiger partial charge >= 0.3 is 0 Å². The van der Waals surface area contributed by atoms with Crippen molar-refractivity contribution < 1.29 is 0 Å². The lowest BCUT2D eigenvalue weighted by Crippen LogP contribution is -2.48. The number of hydrogen-bond acceptors (Lipinski definition) is 4. The van der Waals surface area contributed by atoms with Crippen molar-refractivity contribution in [2.24, 2.45) is 5.92 Å². The third-order valence-electron chi connectivity index (χ3n) is 5.30. The number of anilines is 1. The summed E-state index contributed by atoms with van der Waals surface area (Å²) >= 11 is 0. The van der Waals surface area contributed by atoms with Gasteiger partial charge in [0.05, 0.1) is 11.6 Å². The number of rotatable bonds is 4. The van der Waals surface area contributed by atoms with Crippen LogP contribution in [0, 0.1) is 17.2 Å². The fourth-order valence-corrected chi connectivity index (χ4v) is 3.78. The van der Waals surface area contributed by atoms with E-state index < -0.39 is 0 Å². The predicted molar refractivity (Wildman–Crippen MR) is 94.6 cm³/mol. The minimum atomic E-state index is 0.688. The van der Waals surface area contributed by atoms with Gasteiger partial charge in [-0.25, -0.2) is 0 Å². The van der Waals surface area contributed by atoms with Crippen molar-refractivity contribution in [3.8, 4) is 6.07 Å². The van der Waals surface area contributed by atoms with Crippen molar-refractivity contribution in [3.05, 3.63) is 29.8 Å². The molecule has 0 radical (unpaired) electrons. The molecule has 0 aromatic heterocycles. The van der Waals surface area contributed by atoms with Gasteiger partial charge in [0.1, 0.15) is 0 Å². The van der Waals surface area contributed by atoms with Gasteiger partial charge in [-0.15, -0.1) is 0 Å². The van der Waals surface area contributed by atoms with E-state index in [9.17, 15) is 0 Å². The zero-order chi connectivity index (χ0) is 16.2. The summed E-state index contributed by atoms with van der Waals surface area (Å²) in [4.78, 5) is 7.68. The molecule has 0 aliphatic carbocycles. The molecule has 3 rings (SSSR count). The van der Waals surface area contributed by atoms with Crippen LogP contribution in [0.3, 0.4) is 0 Å². The van der Waals surface area contributed by atoms with Crippen LogP contribution in [-0.2, 0) is 0 Å². The van der Waals surface area contributed by atoms with E-state index in [1.165, 1.54) is 31.7 Å². The Labute approximate surface area is 140 Å². The first-order valence-electron chi connectivity index (χ1n) is 8.87. The molecule has 1 unspecified atom stereocenters. The SMILES string of the molecule is CC(C)N1CCC(CN2CCN(c3ccc(C#N)cc3)CC2)C1. The molecule has 0 N–H and O–H groups in total. The van der Waals surface area contributed by atoms with Gasteiger partial charge in [0.2, 0.25) is 0 Å². The molecule has 2 saturated heterocycles. The van der Waals surface area contributed by atoms with Crippen LogP contribution in [0.5, 0.6) is 0 Å². The number of nitrogens with zero attached hydrogens (tertiary/aromatic N) is 4. The zero-order valence-corrected chi connectivity index (χ0v) is 14.4. The van der Waals surface area contributed by atoms with Gasteiger partial charge in [0, 0.05) is 51.0 Å². The second-order valence-electron chi connectivity index (χ2n) is 7.19. The van der Waals surface area contributed by atoms with Crippen molar-refractivity contribution in [3.63, 3.8) is 0 Å². The lowest BCUT2D eigenvalue weighted by atomic mass is 10.1. The van der Waals surface area contributed by atoms with Gasteiger partial charge in [-0.2, -0.15) is 5.26 Å². The molecule has 1 aromatic carbocycles. The van der Waals surface area contributed by atoms with Crippen LogP contribution in [0.1, 0.15) is 25.8 Å². The summed E-state index contributed by atoms with van der Waals surface area (Å²) < 4.78 is 0. The van der Waals surface area contributed by atoms with Crippen LogP contribution >= 0.6 is 0 Å². The van der Waals surface area contributed by atoms with E-state index in [0.29, 0.717) is 6.04 Å². The summed E-state index contributed by atoms with van der Waals surface area (Å²) in [6.07, 6.45) is 1.36. The molecule has 0 saturated carbocycles. The van der Waals surface area contributed by atoms with E-state index in [4.69, 9.17) is 5.26 Å². The Morgan fingerprint density at radius 3 is 2.35 bits per heavy atom. The Bertz CT molecular complexity index is 537. The fraction of sp³-hybridized carbons (Fsp3) is 0.632. The third kappa shape index (κ3) is 4.04. The lowest BCUT2D eigenvalue weighted by Gasteiger charge is -2.37. The van der Waals surface area contributed by atoms with Crippen LogP contribution < -0.4 is 4.90 Å². The summed E-state index contributed by atoms with van der Waals surface area (Å²) in [7, 11) is 0. The molecule has 2 aliphatic rings. The van der Waals surface area contributed by atoms with Crippen LogP contribution in [0.25, 0.3) is 0 Å². The minimum absolute atomic E-state index is 0.688. The second-order valence-corrected chi connectivity index (χ2v) is 7.19. The van der Waals surface area contributed by atoms with E-state index in [1.807, 2.05) is 12.1 Å². The Morgan fingerprint density at radius 2 is 1.78 bits per heavy atom. The Hall–Kier alpha value is -1.57. The summed E-state index contributed by atoms with van der Waals surface area (Å²) in [6, 6.07) is 10.9. The van der Waals surface area contributed by atoms with Crippen molar-refractivity contribution in [2.45, 2.75) is 26.3 Å². The summed E-state index contributed by atoms with van der Waals surface area (Å²) in [5.74, 6) is 0.846. The highest BCUT2D eigenvalue weighted by Gasteiger charge is 2.27. The Balaban J connectivity index is 1.46. The maximum absolute atomic E-state index is 8.89. The molecular formula is C19H28N4. The molecule has 2 aliphatic heterocycles. The van der Waals surface area contributed by atoms with Crippen LogP contribution in [0.4, 0.5) is 5.69 Å². The zero-order valence-electron chi connectivity index (χ0n) is 14.4. The number of hydrogen-bond donors (Lipinski definition) is 0. The van der Waals surface area contributed by atoms with Gasteiger partial charge in [0.25, 0.3) is 0 Å². The van der Waals surface area contributed by atoms with Crippen LogP contribution in [-0.4, -0.2) is 61.7 Å². The highest BCUT2D eigenvalue weighted by molar-refractivity contribution is 5.50. The number of nitriles is 1. The Morgan fingerprint density at radius 1 is 1.09 bits per heavy atom. The first-order valence-corrected chi connectivity index (χ1v) is 8.87. The molecule has 124 valence electrons. The van der Waals surface area contributed by atoms with Gasteiger partial charge in [-0.05, 0) is 57.0 Å². The molecule has 0 amide bonds.